The minimum absolute atomic E-state index is 0.0400. The maximum absolute atomic E-state index is 12.1. The molecule has 1 atom stereocenters. The van der Waals surface area contributed by atoms with Crippen molar-refractivity contribution in [3.8, 4) is 0 Å². The van der Waals surface area contributed by atoms with Crippen molar-refractivity contribution in [1.82, 2.24) is 15.6 Å². The lowest BCUT2D eigenvalue weighted by Gasteiger charge is -2.15. The fourth-order valence-corrected chi connectivity index (χ4v) is 3.56. The predicted octanol–water partition coefficient (Wildman–Crippen LogP) is 1.45. The van der Waals surface area contributed by atoms with Crippen molar-refractivity contribution in [2.24, 2.45) is 0 Å². The number of carbonyl (C=O) groups is 2. The highest BCUT2D eigenvalue weighted by Crippen LogP contribution is 2.17. The summed E-state index contributed by atoms with van der Waals surface area (Å²) in [4.78, 5) is 26.9. The van der Waals surface area contributed by atoms with Crippen LogP contribution in [0.4, 0.5) is 0 Å². The van der Waals surface area contributed by atoms with Gasteiger partial charge in [0.2, 0.25) is 11.8 Å². The minimum atomic E-state index is -0.414. The second-order valence-electron chi connectivity index (χ2n) is 5.35. The van der Waals surface area contributed by atoms with Crippen LogP contribution >= 0.6 is 11.8 Å². The number of hydrogen-bond donors (Lipinski definition) is 3. The van der Waals surface area contributed by atoms with Crippen molar-refractivity contribution in [2.45, 2.75) is 18.9 Å². The molecule has 1 aliphatic rings. The molecule has 0 unspecified atom stereocenters. The molecule has 116 valence electrons. The van der Waals surface area contributed by atoms with Gasteiger partial charge in [0.05, 0.1) is 0 Å². The summed E-state index contributed by atoms with van der Waals surface area (Å²) in [5, 5.41) is 6.89. The highest BCUT2D eigenvalue weighted by atomic mass is 32.2. The van der Waals surface area contributed by atoms with Gasteiger partial charge in [0.15, 0.2) is 0 Å². The Morgan fingerprint density at radius 3 is 3.14 bits per heavy atom. The van der Waals surface area contributed by atoms with E-state index in [2.05, 4.69) is 21.7 Å². The number of fused-ring (bicyclic) bond motifs is 1. The molecule has 1 fully saturated rings. The Hall–Kier alpha value is -1.95. The van der Waals surface area contributed by atoms with Gasteiger partial charge < -0.3 is 15.6 Å². The Balaban J connectivity index is 1.54. The third-order valence-corrected chi connectivity index (χ3v) is 4.84. The Labute approximate surface area is 133 Å². The number of aromatic nitrogens is 1. The van der Waals surface area contributed by atoms with Crippen LogP contribution in [0.15, 0.2) is 30.5 Å². The maximum atomic E-state index is 12.1. The van der Waals surface area contributed by atoms with E-state index in [0.717, 1.165) is 17.7 Å². The summed E-state index contributed by atoms with van der Waals surface area (Å²) >= 11 is 1.64. The van der Waals surface area contributed by atoms with Crippen LogP contribution < -0.4 is 10.6 Å². The van der Waals surface area contributed by atoms with Crippen LogP contribution in [0, 0.1) is 0 Å². The van der Waals surface area contributed by atoms with Gasteiger partial charge in [0, 0.05) is 41.6 Å². The average Bonchev–Trinajstić information content (AvgIpc) is 2.80. The van der Waals surface area contributed by atoms with Crippen LogP contribution in [-0.4, -0.2) is 40.9 Å². The molecule has 1 saturated heterocycles. The SMILES string of the molecule is O=C1CCSC[C@@H](C(=O)NCCc2c[nH]c3ccccc23)N1. The topological polar surface area (TPSA) is 74.0 Å². The smallest absolute Gasteiger partial charge is 0.243 e. The largest absolute Gasteiger partial charge is 0.361 e. The lowest BCUT2D eigenvalue weighted by molar-refractivity contribution is -0.128. The lowest BCUT2D eigenvalue weighted by Crippen LogP contribution is -2.47. The summed E-state index contributed by atoms with van der Waals surface area (Å²) in [7, 11) is 0. The van der Waals surface area contributed by atoms with Gasteiger partial charge in [-0.15, -0.1) is 0 Å². The Morgan fingerprint density at radius 2 is 2.23 bits per heavy atom. The van der Waals surface area contributed by atoms with Gasteiger partial charge in [-0.2, -0.15) is 11.8 Å². The molecule has 1 aromatic heterocycles. The number of H-pyrrole nitrogens is 1. The van der Waals surface area contributed by atoms with Gasteiger partial charge in [-0.05, 0) is 18.1 Å². The molecular weight excluding hydrogens is 298 g/mol. The van der Waals surface area contributed by atoms with Crippen LogP contribution in [0.2, 0.25) is 0 Å². The van der Waals surface area contributed by atoms with E-state index in [1.165, 1.54) is 10.9 Å². The van der Waals surface area contributed by atoms with Crippen molar-refractivity contribution in [2.75, 3.05) is 18.1 Å². The zero-order valence-corrected chi connectivity index (χ0v) is 13.0. The van der Waals surface area contributed by atoms with Crippen molar-refractivity contribution in [3.05, 3.63) is 36.0 Å². The molecule has 2 amide bonds. The monoisotopic (exact) mass is 317 g/mol. The van der Waals surface area contributed by atoms with Crippen LogP contribution in [0.5, 0.6) is 0 Å². The quantitative estimate of drug-likeness (QED) is 0.799. The number of thioether (sulfide) groups is 1. The highest BCUT2D eigenvalue weighted by molar-refractivity contribution is 7.99. The van der Waals surface area contributed by atoms with E-state index in [1.54, 1.807) is 11.8 Å². The molecule has 3 N–H and O–H groups in total. The molecular formula is C16H19N3O2S. The zero-order valence-electron chi connectivity index (χ0n) is 12.2. The minimum Gasteiger partial charge on any atom is -0.361 e. The molecule has 1 aromatic carbocycles. The number of amides is 2. The first kappa shape index (κ1) is 15.0. The number of carbonyl (C=O) groups excluding carboxylic acids is 2. The van der Waals surface area contributed by atoms with Crippen LogP contribution in [0.25, 0.3) is 10.9 Å². The molecule has 0 aliphatic carbocycles. The second kappa shape index (κ2) is 6.87. The van der Waals surface area contributed by atoms with Crippen molar-refractivity contribution in [1.29, 1.82) is 0 Å². The normalized spacial score (nSPS) is 18.7. The second-order valence-corrected chi connectivity index (χ2v) is 6.50. The van der Waals surface area contributed by atoms with E-state index in [9.17, 15) is 9.59 Å². The van der Waals surface area contributed by atoms with E-state index >= 15 is 0 Å². The van der Waals surface area contributed by atoms with Crippen molar-refractivity contribution < 1.29 is 9.59 Å². The summed E-state index contributed by atoms with van der Waals surface area (Å²) in [5.74, 6) is 1.29. The molecule has 0 spiro atoms. The standard InChI is InChI=1S/C16H19N3O2S/c20-15-6-8-22-10-14(19-15)16(21)17-7-5-11-9-18-13-4-2-1-3-12(11)13/h1-4,9,14,18H,5-8,10H2,(H,17,21)(H,19,20)/t14-/m0/s1. The number of para-hydroxylation sites is 1. The Kier molecular flexibility index (Phi) is 4.68. The summed E-state index contributed by atoms with van der Waals surface area (Å²) in [5.41, 5.74) is 2.30. The highest BCUT2D eigenvalue weighted by Gasteiger charge is 2.22. The van der Waals surface area contributed by atoms with E-state index in [4.69, 9.17) is 0 Å². The summed E-state index contributed by atoms with van der Waals surface area (Å²) in [6, 6.07) is 7.71. The fraction of sp³-hybridized carbons (Fsp3) is 0.375. The number of benzene rings is 1. The molecule has 1 aliphatic heterocycles. The van der Waals surface area contributed by atoms with Gasteiger partial charge in [0.25, 0.3) is 0 Å². The number of hydrogen-bond acceptors (Lipinski definition) is 3. The third-order valence-electron chi connectivity index (χ3n) is 3.78. The number of aromatic amines is 1. The fourth-order valence-electron chi connectivity index (χ4n) is 2.60. The summed E-state index contributed by atoms with van der Waals surface area (Å²) < 4.78 is 0. The predicted molar refractivity (Wildman–Crippen MR) is 88.9 cm³/mol. The molecule has 5 nitrogen and oxygen atoms in total. The lowest BCUT2D eigenvalue weighted by atomic mass is 10.1. The van der Waals surface area contributed by atoms with Gasteiger partial charge in [-0.25, -0.2) is 0 Å². The van der Waals surface area contributed by atoms with Crippen LogP contribution in [-0.2, 0) is 16.0 Å². The summed E-state index contributed by atoms with van der Waals surface area (Å²) in [6.07, 6.45) is 3.24. The molecule has 0 bridgehead atoms. The van der Waals surface area contributed by atoms with Crippen molar-refractivity contribution >= 4 is 34.5 Å². The number of nitrogens with one attached hydrogen (secondary N) is 3. The average molecular weight is 317 g/mol. The molecule has 3 rings (SSSR count). The first-order valence-electron chi connectivity index (χ1n) is 7.44. The van der Waals surface area contributed by atoms with E-state index < -0.39 is 6.04 Å². The summed E-state index contributed by atoms with van der Waals surface area (Å²) in [6.45, 7) is 0.567. The molecule has 6 heteroatoms. The third kappa shape index (κ3) is 3.44. The first-order chi connectivity index (χ1) is 10.7. The Morgan fingerprint density at radius 1 is 1.36 bits per heavy atom. The van der Waals surface area contributed by atoms with Crippen molar-refractivity contribution in [3.63, 3.8) is 0 Å². The van der Waals surface area contributed by atoms with E-state index in [-0.39, 0.29) is 11.8 Å². The molecule has 2 aromatic rings. The van der Waals surface area contributed by atoms with Gasteiger partial charge in [-0.1, -0.05) is 18.2 Å². The number of rotatable bonds is 4. The van der Waals surface area contributed by atoms with Crippen LogP contribution in [0.1, 0.15) is 12.0 Å². The van der Waals surface area contributed by atoms with E-state index in [0.29, 0.717) is 18.7 Å². The Bertz CT molecular complexity index is 683. The molecule has 0 saturated carbocycles. The maximum Gasteiger partial charge on any atom is 0.243 e. The van der Waals surface area contributed by atoms with Crippen LogP contribution in [0.3, 0.4) is 0 Å². The zero-order chi connectivity index (χ0) is 15.4. The first-order valence-corrected chi connectivity index (χ1v) is 8.59. The molecule has 2 heterocycles. The van der Waals surface area contributed by atoms with Gasteiger partial charge >= 0.3 is 0 Å². The van der Waals surface area contributed by atoms with Gasteiger partial charge in [0.1, 0.15) is 6.04 Å². The van der Waals surface area contributed by atoms with E-state index in [1.807, 2.05) is 24.4 Å². The molecule has 0 radical (unpaired) electrons. The molecule has 22 heavy (non-hydrogen) atoms. The van der Waals surface area contributed by atoms with Gasteiger partial charge in [-0.3, -0.25) is 9.59 Å².